The van der Waals surface area contributed by atoms with Crippen LogP contribution in [0.1, 0.15) is 0 Å². The second-order valence-electron chi connectivity index (χ2n) is 3.82. The van der Waals surface area contributed by atoms with Gasteiger partial charge in [0.2, 0.25) is 6.04 Å². The van der Waals surface area contributed by atoms with Crippen molar-refractivity contribution >= 4 is 28.6 Å². The summed E-state index contributed by atoms with van der Waals surface area (Å²) in [4.78, 5) is 15.6. The highest BCUT2D eigenvalue weighted by Gasteiger charge is 2.23. The van der Waals surface area contributed by atoms with Crippen LogP contribution in [0.4, 0.5) is 5.69 Å². The minimum atomic E-state index is -0.732. The molecule has 1 unspecified atom stereocenters. The second kappa shape index (κ2) is 4.37. The summed E-state index contributed by atoms with van der Waals surface area (Å²) in [5.74, 6) is -0.501. The van der Waals surface area contributed by atoms with E-state index >= 15 is 0 Å². The zero-order valence-corrected chi connectivity index (χ0v) is 9.35. The summed E-state index contributed by atoms with van der Waals surface area (Å²) in [6.45, 7) is 0. The van der Waals surface area contributed by atoms with Gasteiger partial charge < -0.3 is 4.84 Å². The maximum absolute atomic E-state index is 11.2. The predicted octanol–water partition coefficient (Wildman–Crippen LogP) is 2.83. The molecule has 1 heterocycles. The molecule has 0 N–H and O–H groups in total. The lowest BCUT2D eigenvalue weighted by molar-refractivity contribution is -0.141. The summed E-state index contributed by atoms with van der Waals surface area (Å²) in [6, 6.07) is 12.9. The molecule has 2 aromatic rings. The van der Waals surface area contributed by atoms with Gasteiger partial charge in [-0.2, -0.15) is 10.2 Å². The number of fused-ring (bicyclic) bond motifs is 1. The third-order valence-corrected chi connectivity index (χ3v) is 2.64. The third-order valence-electron chi connectivity index (χ3n) is 2.64. The van der Waals surface area contributed by atoms with Crippen LogP contribution in [-0.4, -0.2) is 18.2 Å². The van der Waals surface area contributed by atoms with Gasteiger partial charge in [0.15, 0.2) is 0 Å². The molecule has 0 aliphatic carbocycles. The molecule has 0 fully saturated rings. The Labute approximate surface area is 103 Å². The molecule has 1 atom stereocenters. The van der Waals surface area contributed by atoms with Crippen molar-refractivity contribution in [3.05, 3.63) is 42.5 Å². The van der Waals surface area contributed by atoms with E-state index in [9.17, 15) is 4.79 Å². The van der Waals surface area contributed by atoms with Crippen molar-refractivity contribution in [1.82, 2.24) is 0 Å². The first-order valence-electron chi connectivity index (χ1n) is 5.47. The SMILES string of the molecule is O=C1ON=CC1N=Nc1cccc2ccccc12. The smallest absolute Gasteiger partial charge is 0.316 e. The average molecular weight is 239 g/mol. The summed E-state index contributed by atoms with van der Waals surface area (Å²) in [5, 5.41) is 13.5. The van der Waals surface area contributed by atoms with Gasteiger partial charge in [-0.1, -0.05) is 41.6 Å². The quantitative estimate of drug-likeness (QED) is 0.597. The van der Waals surface area contributed by atoms with Crippen LogP contribution in [0.2, 0.25) is 0 Å². The van der Waals surface area contributed by atoms with Gasteiger partial charge in [0.05, 0.1) is 11.9 Å². The molecule has 0 amide bonds. The normalized spacial score (nSPS) is 18.7. The van der Waals surface area contributed by atoms with Crippen LogP contribution >= 0.6 is 0 Å². The largest absolute Gasteiger partial charge is 0.366 e. The van der Waals surface area contributed by atoms with E-state index in [0.717, 1.165) is 16.5 Å². The Bertz CT molecular complexity index is 659. The van der Waals surface area contributed by atoms with Gasteiger partial charge in [0, 0.05) is 5.39 Å². The fraction of sp³-hybridized carbons (Fsp3) is 0.0769. The first kappa shape index (κ1) is 10.6. The highest BCUT2D eigenvalue weighted by Crippen LogP contribution is 2.26. The molecule has 0 spiro atoms. The monoisotopic (exact) mass is 239 g/mol. The van der Waals surface area contributed by atoms with Crippen molar-refractivity contribution < 1.29 is 9.63 Å². The first-order valence-corrected chi connectivity index (χ1v) is 5.47. The van der Waals surface area contributed by atoms with Gasteiger partial charge in [-0.05, 0) is 11.5 Å². The molecule has 0 radical (unpaired) electrons. The highest BCUT2D eigenvalue weighted by atomic mass is 16.7. The molecule has 0 bridgehead atoms. The Hall–Kier alpha value is -2.56. The molecule has 3 rings (SSSR count). The van der Waals surface area contributed by atoms with Crippen LogP contribution in [0, 0.1) is 0 Å². The van der Waals surface area contributed by atoms with Gasteiger partial charge in [0.25, 0.3) is 0 Å². The molecule has 2 aromatic carbocycles. The van der Waals surface area contributed by atoms with Crippen molar-refractivity contribution in [1.29, 1.82) is 0 Å². The Morgan fingerprint density at radius 3 is 2.78 bits per heavy atom. The molecular formula is C13H9N3O2. The zero-order valence-electron chi connectivity index (χ0n) is 9.35. The number of rotatable bonds is 2. The summed E-state index contributed by atoms with van der Waals surface area (Å²) >= 11 is 0. The van der Waals surface area contributed by atoms with Crippen LogP contribution in [0.25, 0.3) is 10.8 Å². The fourth-order valence-corrected chi connectivity index (χ4v) is 1.75. The van der Waals surface area contributed by atoms with Crippen molar-refractivity contribution in [3.8, 4) is 0 Å². The van der Waals surface area contributed by atoms with E-state index < -0.39 is 12.0 Å². The topological polar surface area (TPSA) is 63.4 Å². The van der Waals surface area contributed by atoms with Crippen LogP contribution in [0.3, 0.4) is 0 Å². The lowest BCUT2D eigenvalue weighted by atomic mass is 10.1. The van der Waals surface area contributed by atoms with Gasteiger partial charge >= 0.3 is 5.97 Å². The fourth-order valence-electron chi connectivity index (χ4n) is 1.75. The number of hydrogen-bond donors (Lipinski definition) is 0. The van der Waals surface area contributed by atoms with Crippen molar-refractivity contribution in [3.63, 3.8) is 0 Å². The molecule has 1 aliphatic rings. The van der Waals surface area contributed by atoms with Gasteiger partial charge in [-0.15, -0.1) is 0 Å². The summed E-state index contributed by atoms with van der Waals surface area (Å²) in [5.41, 5.74) is 0.723. The number of azo groups is 1. The number of oxime groups is 1. The number of nitrogens with zero attached hydrogens (tertiary/aromatic N) is 3. The minimum absolute atomic E-state index is 0.501. The maximum Gasteiger partial charge on any atom is 0.366 e. The Morgan fingerprint density at radius 1 is 1.11 bits per heavy atom. The molecule has 0 aromatic heterocycles. The average Bonchev–Trinajstić information content (AvgIpc) is 2.82. The van der Waals surface area contributed by atoms with Crippen molar-refractivity contribution in [2.45, 2.75) is 6.04 Å². The lowest BCUT2D eigenvalue weighted by Crippen LogP contribution is -2.13. The van der Waals surface area contributed by atoms with Gasteiger partial charge in [-0.3, -0.25) is 0 Å². The van der Waals surface area contributed by atoms with Crippen LogP contribution in [0.5, 0.6) is 0 Å². The van der Waals surface area contributed by atoms with E-state index in [1.807, 2.05) is 42.5 Å². The maximum atomic E-state index is 11.2. The van der Waals surface area contributed by atoms with E-state index in [2.05, 4.69) is 20.2 Å². The van der Waals surface area contributed by atoms with Crippen LogP contribution < -0.4 is 0 Å². The second-order valence-corrected chi connectivity index (χ2v) is 3.82. The van der Waals surface area contributed by atoms with E-state index in [1.54, 1.807) is 0 Å². The predicted molar refractivity (Wildman–Crippen MR) is 66.8 cm³/mol. The number of hydrogen-bond acceptors (Lipinski definition) is 5. The minimum Gasteiger partial charge on any atom is -0.316 e. The Morgan fingerprint density at radius 2 is 1.94 bits per heavy atom. The molecule has 0 saturated carbocycles. The molecule has 5 nitrogen and oxygen atoms in total. The summed E-state index contributed by atoms with van der Waals surface area (Å²) in [6.07, 6.45) is 1.33. The van der Waals surface area contributed by atoms with E-state index in [1.165, 1.54) is 6.21 Å². The summed E-state index contributed by atoms with van der Waals surface area (Å²) < 4.78 is 0. The number of carbonyl (C=O) groups is 1. The molecule has 5 heteroatoms. The van der Waals surface area contributed by atoms with Gasteiger partial charge in [0.1, 0.15) is 0 Å². The molecular weight excluding hydrogens is 230 g/mol. The van der Waals surface area contributed by atoms with Crippen LogP contribution in [-0.2, 0) is 9.63 Å². The van der Waals surface area contributed by atoms with Crippen molar-refractivity contribution in [2.75, 3.05) is 0 Å². The molecule has 0 saturated heterocycles. The number of carbonyl (C=O) groups excluding carboxylic acids is 1. The Kier molecular flexibility index (Phi) is 2.57. The summed E-state index contributed by atoms with van der Waals surface area (Å²) in [7, 11) is 0. The van der Waals surface area contributed by atoms with Crippen molar-refractivity contribution in [2.24, 2.45) is 15.4 Å². The van der Waals surface area contributed by atoms with E-state index in [-0.39, 0.29) is 0 Å². The Balaban J connectivity index is 1.97. The van der Waals surface area contributed by atoms with E-state index in [4.69, 9.17) is 0 Å². The molecule has 1 aliphatic heterocycles. The zero-order chi connectivity index (χ0) is 12.4. The number of benzene rings is 2. The van der Waals surface area contributed by atoms with E-state index in [0.29, 0.717) is 0 Å². The van der Waals surface area contributed by atoms with Crippen LogP contribution in [0.15, 0.2) is 57.8 Å². The van der Waals surface area contributed by atoms with Gasteiger partial charge in [-0.25, -0.2) is 4.79 Å². The standard InChI is InChI=1S/C13H9N3O2/c17-13-12(8-14-18-13)16-15-11-7-3-5-9-4-1-2-6-10(9)11/h1-8,12H. The molecule has 88 valence electrons. The highest BCUT2D eigenvalue weighted by molar-refractivity contribution is 5.97. The third kappa shape index (κ3) is 1.86. The lowest BCUT2D eigenvalue weighted by Gasteiger charge is -2.00. The first-order chi connectivity index (χ1) is 8.84. The molecule has 18 heavy (non-hydrogen) atoms.